The lowest BCUT2D eigenvalue weighted by Gasteiger charge is -2.12. The van der Waals surface area contributed by atoms with Crippen LogP contribution in [0.5, 0.6) is 0 Å². The highest BCUT2D eigenvalue weighted by atomic mass is 79.9. The van der Waals surface area contributed by atoms with Crippen LogP contribution < -0.4 is 11.1 Å². The number of nitrogens with one attached hydrogen (secondary N) is 1. The molecule has 0 heterocycles. The number of rotatable bonds is 4. The number of benzene rings is 2. The van der Waals surface area contributed by atoms with Gasteiger partial charge in [-0.05, 0) is 58.2 Å². The van der Waals surface area contributed by atoms with Gasteiger partial charge in [-0.1, -0.05) is 12.1 Å². The summed E-state index contributed by atoms with van der Waals surface area (Å²) in [6.45, 7) is 2.35. The Morgan fingerprint density at radius 3 is 2.70 bits per heavy atom. The molecular weight excluding hydrogens is 323 g/mol. The zero-order chi connectivity index (χ0) is 14.7. The van der Waals surface area contributed by atoms with Crippen molar-refractivity contribution in [2.24, 2.45) is 5.73 Å². The standard InChI is InChI=1S/C15H14BrFN2O/c1-9-7-10(15(18)20)5-6-11(9)8-19-14-12(16)3-2-4-13(14)17/h2-7,19H,8H2,1H3,(H2,18,20). The van der Waals surface area contributed by atoms with Gasteiger partial charge in [-0.2, -0.15) is 0 Å². The molecule has 0 saturated heterocycles. The predicted octanol–water partition coefficient (Wildman–Crippen LogP) is 3.61. The Labute approximate surface area is 125 Å². The van der Waals surface area contributed by atoms with E-state index in [1.165, 1.54) is 6.07 Å². The fourth-order valence-electron chi connectivity index (χ4n) is 1.90. The lowest BCUT2D eigenvalue weighted by atomic mass is 10.0. The van der Waals surface area contributed by atoms with Crippen LogP contribution in [0.1, 0.15) is 21.5 Å². The molecule has 0 saturated carbocycles. The van der Waals surface area contributed by atoms with Crippen LogP contribution in [0.15, 0.2) is 40.9 Å². The lowest BCUT2D eigenvalue weighted by molar-refractivity contribution is 0.1000. The minimum absolute atomic E-state index is 0.314. The number of aryl methyl sites for hydroxylation is 1. The molecule has 0 radical (unpaired) electrons. The molecule has 2 aromatic carbocycles. The van der Waals surface area contributed by atoms with Gasteiger partial charge in [-0.3, -0.25) is 4.79 Å². The maximum absolute atomic E-state index is 13.7. The first-order valence-electron chi connectivity index (χ1n) is 6.06. The molecule has 0 spiro atoms. The van der Waals surface area contributed by atoms with E-state index in [9.17, 15) is 9.18 Å². The van der Waals surface area contributed by atoms with E-state index in [0.29, 0.717) is 22.3 Å². The Kier molecular flexibility index (Phi) is 4.39. The topological polar surface area (TPSA) is 55.1 Å². The summed E-state index contributed by atoms with van der Waals surface area (Å²) in [6.07, 6.45) is 0. The molecule has 2 rings (SSSR count). The predicted molar refractivity (Wildman–Crippen MR) is 81.1 cm³/mol. The molecule has 104 valence electrons. The van der Waals surface area contributed by atoms with E-state index in [-0.39, 0.29) is 5.82 Å². The van der Waals surface area contributed by atoms with Crippen molar-refractivity contribution < 1.29 is 9.18 Å². The molecule has 0 aliphatic heterocycles. The molecule has 2 aromatic rings. The minimum Gasteiger partial charge on any atom is -0.378 e. The first-order chi connectivity index (χ1) is 9.49. The number of carbonyl (C=O) groups excluding carboxylic acids is 1. The minimum atomic E-state index is -0.454. The first-order valence-corrected chi connectivity index (χ1v) is 6.85. The molecule has 0 unspecified atom stereocenters. The summed E-state index contributed by atoms with van der Waals surface area (Å²) in [4.78, 5) is 11.1. The quantitative estimate of drug-likeness (QED) is 0.896. The van der Waals surface area contributed by atoms with Crippen molar-refractivity contribution in [1.29, 1.82) is 0 Å². The Bertz CT molecular complexity index is 638. The fraction of sp³-hybridized carbons (Fsp3) is 0.133. The zero-order valence-electron chi connectivity index (χ0n) is 10.9. The highest BCUT2D eigenvalue weighted by Gasteiger charge is 2.08. The second kappa shape index (κ2) is 6.05. The number of hydrogen-bond acceptors (Lipinski definition) is 2. The molecule has 20 heavy (non-hydrogen) atoms. The van der Waals surface area contributed by atoms with E-state index in [1.54, 1.807) is 24.3 Å². The van der Waals surface area contributed by atoms with Crippen molar-refractivity contribution in [3.05, 3.63) is 63.4 Å². The average Bonchev–Trinajstić information content (AvgIpc) is 2.39. The Balaban J connectivity index is 2.17. The van der Waals surface area contributed by atoms with Crippen LogP contribution in [-0.2, 0) is 6.54 Å². The number of nitrogens with two attached hydrogens (primary N) is 1. The third-order valence-corrected chi connectivity index (χ3v) is 3.71. The van der Waals surface area contributed by atoms with Crippen molar-refractivity contribution in [1.82, 2.24) is 0 Å². The van der Waals surface area contributed by atoms with Gasteiger partial charge in [-0.15, -0.1) is 0 Å². The van der Waals surface area contributed by atoms with Gasteiger partial charge in [0.2, 0.25) is 5.91 Å². The van der Waals surface area contributed by atoms with E-state index < -0.39 is 5.91 Å². The van der Waals surface area contributed by atoms with Crippen LogP contribution >= 0.6 is 15.9 Å². The fourth-order valence-corrected chi connectivity index (χ4v) is 2.38. The number of halogens is 2. The maximum Gasteiger partial charge on any atom is 0.248 e. The van der Waals surface area contributed by atoms with Crippen LogP contribution in [-0.4, -0.2) is 5.91 Å². The number of para-hydroxylation sites is 1. The monoisotopic (exact) mass is 336 g/mol. The molecule has 0 atom stereocenters. The van der Waals surface area contributed by atoms with Crippen LogP contribution in [0.25, 0.3) is 0 Å². The molecule has 0 aliphatic carbocycles. The van der Waals surface area contributed by atoms with Crippen LogP contribution in [0.4, 0.5) is 10.1 Å². The van der Waals surface area contributed by atoms with Crippen LogP contribution in [0.2, 0.25) is 0 Å². The van der Waals surface area contributed by atoms with Crippen LogP contribution in [0.3, 0.4) is 0 Å². The number of amides is 1. The third kappa shape index (κ3) is 3.17. The maximum atomic E-state index is 13.7. The van der Waals surface area contributed by atoms with Gasteiger partial charge in [0.25, 0.3) is 0 Å². The van der Waals surface area contributed by atoms with Gasteiger partial charge in [0.05, 0.1) is 5.69 Å². The molecular formula is C15H14BrFN2O. The molecule has 0 aromatic heterocycles. The largest absolute Gasteiger partial charge is 0.378 e. The number of anilines is 1. The van der Waals surface area contributed by atoms with Gasteiger partial charge in [0.15, 0.2) is 0 Å². The van der Waals surface area contributed by atoms with Crippen molar-refractivity contribution in [2.45, 2.75) is 13.5 Å². The van der Waals surface area contributed by atoms with Gasteiger partial charge in [0.1, 0.15) is 5.82 Å². The molecule has 3 nitrogen and oxygen atoms in total. The molecule has 0 bridgehead atoms. The number of carbonyl (C=O) groups is 1. The van der Waals surface area contributed by atoms with Gasteiger partial charge in [0, 0.05) is 16.6 Å². The van der Waals surface area contributed by atoms with Gasteiger partial charge >= 0.3 is 0 Å². The molecule has 0 aliphatic rings. The van der Waals surface area contributed by atoms with E-state index in [0.717, 1.165) is 11.1 Å². The molecule has 5 heteroatoms. The summed E-state index contributed by atoms with van der Waals surface area (Å²) in [7, 11) is 0. The Morgan fingerprint density at radius 2 is 2.10 bits per heavy atom. The Hall–Kier alpha value is -1.88. The van der Waals surface area contributed by atoms with Crippen molar-refractivity contribution in [3.63, 3.8) is 0 Å². The van der Waals surface area contributed by atoms with Crippen molar-refractivity contribution >= 4 is 27.5 Å². The molecule has 0 fully saturated rings. The number of hydrogen-bond donors (Lipinski definition) is 2. The van der Waals surface area contributed by atoms with Crippen molar-refractivity contribution in [2.75, 3.05) is 5.32 Å². The van der Waals surface area contributed by atoms with E-state index in [1.807, 2.05) is 13.0 Å². The van der Waals surface area contributed by atoms with E-state index in [4.69, 9.17) is 5.73 Å². The van der Waals surface area contributed by atoms with E-state index >= 15 is 0 Å². The SMILES string of the molecule is Cc1cc(C(N)=O)ccc1CNc1c(F)cccc1Br. The second-order valence-corrected chi connectivity index (χ2v) is 5.31. The Morgan fingerprint density at radius 1 is 1.35 bits per heavy atom. The third-order valence-electron chi connectivity index (χ3n) is 3.05. The highest BCUT2D eigenvalue weighted by molar-refractivity contribution is 9.10. The molecule has 1 amide bonds. The summed E-state index contributed by atoms with van der Waals surface area (Å²) >= 11 is 3.31. The first kappa shape index (κ1) is 14.5. The summed E-state index contributed by atoms with van der Waals surface area (Å²) in [5.41, 5.74) is 8.03. The van der Waals surface area contributed by atoms with Gasteiger partial charge < -0.3 is 11.1 Å². The van der Waals surface area contributed by atoms with Gasteiger partial charge in [-0.25, -0.2) is 4.39 Å². The normalized spacial score (nSPS) is 10.3. The summed E-state index contributed by atoms with van der Waals surface area (Å²) in [6, 6.07) is 10.0. The van der Waals surface area contributed by atoms with Crippen LogP contribution in [0, 0.1) is 12.7 Å². The summed E-state index contributed by atoms with van der Waals surface area (Å²) in [5, 5.41) is 3.05. The highest BCUT2D eigenvalue weighted by Crippen LogP contribution is 2.26. The smallest absolute Gasteiger partial charge is 0.248 e. The average molecular weight is 337 g/mol. The zero-order valence-corrected chi connectivity index (χ0v) is 12.5. The van der Waals surface area contributed by atoms with Crippen molar-refractivity contribution in [3.8, 4) is 0 Å². The number of primary amides is 1. The second-order valence-electron chi connectivity index (χ2n) is 4.46. The van der Waals surface area contributed by atoms with E-state index in [2.05, 4.69) is 21.2 Å². The summed E-state index contributed by atoms with van der Waals surface area (Å²) in [5.74, 6) is -0.768. The lowest BCUT2D eigenvalue weighted by Crippen LogP contribution is -2.12. The summed E-state index contributed by atoms with van der Waals surface area (Å²) < 4.78 is 14.3. The molecule has 3 N–H and O–H groups in total.